The van der Waals surface area contributed by atoms with E-state index in [1.165, 1.54) is 12.8 Å². The Morgan fingerprint density at radius 2 is 1.59 bits per heavy atom. The molecule has 3 saturated carbocycles. The third-order valence-electron chi connectivity index (χ3n) is 16.8. The van der Waals surface area contributed by atoms with E-state index in [1.807, 2.05) is 76.8 Å². The molecule has 15 heteroatoms. The molecular weight excluding hydrogens is 891 g/mol. The van der Waals surface area contributed by atoms with Crippen LogP contribution in [-0.2, 0) is 49.4 Å². The van der Waals surface area contributed by atoms with Crippen LogP contribution in [0.5, 0.6) is 0 Å². The van der Waals surface area contributed by atoms with Gasteiger partial charge in [-0.15, -0.1) is 0 Å². The largest absolute Gasteiger partial charge is 0.481 e. The molecule has 0 aromatic heterocycles. The molecule has 1 saturated heterocycles. The van der Waals surface area contributed by atoms with Crippen LogP contribution in [0, 0.1) is 52.8 Å². The van der Waals surface area contributed by atoms with Gasteiger partial charge in [-0.2, -0.15) is 0 Å². The number of likely N-dealkylation sites (N-methyl/N-ethyl adjacent to an activating group) is 2. The first kappa shape index (κ1) is 56.8. The lowest BCUT2D eigenvalue weighted by Crippen LogP contribution is -2.60. The summed E-state index contributed by atoms with van der Waals surface area (Å²) in [5.41, 5.74) is 0.910. The molecule has 14 atom stereocenters. The zero-order chi connectivity index (χ0) is 51.6. The van der Waals surface area contributed by atoms with E-state index in [2.05, 4.69) is 17.6 Å². The van der Waals surface area contributed by atoms with Crippen molar-refractivity contribution in [1.29, 1.82) is 0 Å². The fraction of sp³-hybridized carbons (Fsp3) is 0.782. The van der Waals surface area contributed by atoms with Crippen LogP contribution in [0.1, 0.15) is 132 Å². The van der Waals surface area contributed by atoms with Gasteiger partial charge in [0.25, 0.3) is 0 Å². The van der Waals surface area contributed by atoms with Gasteiger partial charge in [0, 0.05) is 46.1 Å². The van der Waals surface area contributed by atoms with Crippen LogP contribution in [-0.4, -0.2) is 146 Å². The summed E-state index contributed by atoms with van der Waals surface area (Å²) in [6.45, 7) is 17.0. The molecule has 4 amide bonds. The van der Waals surface area contributed by atoms with Gasteiger partial charge in [0.15, 0.2) is 0 Å². The molecule has 4 fully saturated rings. The molecule has 2 bridgehead atoms. The number of ether oxygens (including phenoxy) is 3. The van der Waals surface area contributed by atoms with Gasteiger partial charge in [-0.05, 0) is 112 Å². The molecule has 1 aromatic carbocycles. The highest BCUT2D eigenvalue weighted by Crippen LogP contribution is 2.64. The minimum atomic E-state index is -0.904. The van der Waals surface area contributed by atoms with Crippen molar-refractivity contribution >= 4 is 35.6 Å². The number of fused-ring (bicyclic) bond motifs is 1. The van der Waals surface area contributed by atoms with E-state index >= 15 is 0 Å². The van der Waals surface area contributed by atoms with Gasteiger partial charge >= 0.3 is 11.9 Å². The molecular formula is C55H89N5O10. The maximum atomic E-state index is 14.6. The summed E-state index contributed by atoms with van der Waals surface area (Å²) in [6.07, 6.45) is 7.13. The number of carbonyl (C=O) groups is 6. The van der Waals surface area contributed by atoms with Gasteiger partial charge in [-0.3, -0.25) is 28.9 Å². The summed E-state index contributed by atoms with van der Waals surface area (Å²) in [4.78, 5) is 88.0. The molecule has 70 heavy (non-hydrogen) atoms. The molecule has 3 aliphatic carbocycles. The number of carboxylic acids is 1. The number of amides is 4. The summed E-state index contributed by atoms with van der Waals surface area (Å²) in [5, 5.41) is 15.3. The van der Waals surface area contributed by atoms with E-state index in [0.717, 1.165) is 42.6 Å². The average molecular weight is 980 g/mol. The Morgan fingerprint density at radius 3 is 2.20 bits per heavy atom. The number of methoxy groups -OCH3 is 2. The van der Waals surface area contributed by atoms with Crippen molar-refractivity contribution in [3.8, 4) is 0 Å². The number of aliphatic carboxylic acids is 1. The van der Waals surface area contributed by atoms with Crippen LogP contribution in [0.3, 0.4) is 0 Å². The summed E-state index contributed by atoms with van der Waals surface area (Å²) >= 11 is 0. The Kier molecular flexibility index (Phi) is 20.7. The predicted molar refractivity (Wildman–Crippen MR) is 269 cm³/mol. The standard InChI is InChI=1S/C55H89N5O10/c1-13-36(7)49(59(10)53(66)47(33(2)3)57-52(65)48(34(4)5)58(9)23-18-22-46(62)63)44(68-11)28-45(61)60-24-17-21-43(60)50(69-12)37(8)51(64)56-42(26-38-19-15-14-16-20-38)54(67)70-32-55-29-35(6)25-39-27-40(30-55)41(39)31-55/h14-16,19-20,33-37,39-44,47-50H,13,17-18,21-32H2,1-12H3,(H,56,64)(H,57,65)(H,62,63)/t35?,36-,37+,39?,40?,41?,42-,43-,44+,47-,48-,49-,50+,55?/m0/s1. The number of esters is 1. The van der Waals surface area contributed by atoms with Gasteiger partial charge in [-0.1, -0.05) is 92.1 Å². The van der Waals surface area contributed by atoms with E-state index in [1.54, 1.807) is 45.0 Å². The second kappa shape index (κ2) is 25.5. The van der Waals surface area contributed by atoms with Crippen LogP contribution in [0.15, 0.2) is 30.3 Å². The Morgan fingerprint density at radius 1 is 0.886 bits per heavy atom. The number of carbonyl (C=O) groups excluding carboxylic acids is 5. The molecule has 1 aromatic rings. The number of hydrogen-bond acceptors (Lipinski definition) is 10. The zero-order valence-electron chi connectivity index (χ0n) is 44.6. The lowest BCUT2D eigenvalue weighted by molar-refractivity contribution is -0.153. The highest BCUT2D eigenvalue weighted by Gasteiger charge is 2.57. The molecule has 4 aliphatic rings. The molecule has 0 radical (unpaired) electrons. The second-order valence-electron chi connectivity index (χ2n) is 22.7. The maximum absolute atomic E-state index is 14.6. The lowest BCUT2D eigenvalue weighted by atomic mass is 9.63. The summed E-state index contributed by atoms with van der Waals surface area (Å²) in [6, 6.07) is 6.34. The van der Waals surface area contributed by atoms with Crippen molar-refractivity contribution < 1.29 is 48.1 Å². The van der Waals surface area contributed by atoms with Crippen molar-refractivity contribution in [2.45, 2.75) is 175 Å². The van der Waals surface area contributed by atoms with E-state index < -0.39 is 60.3 Å². The fourth-order valence-electron chi connectivity index (χ4n) is 13.2. The highest BCUT2D eigenvalue weighted by atomic mass is 16.5. The van der Waals surface area contributed by atoms with Gasteiger partial charge in [-0.25, -0.2) is 4.79 Å². The average Bonchev–Trinajstić information content (AvgIpc) is 3.87. The number of likely N-dealkylation sites (tertiary alicyclic amines) is 1. The molecule has 1 heterocycles. The van der Waals surface area contributed by atoms with Crippen molar-refractivity contribution in [2.24, 2.45) is 52.8 Å². The second-order valence-corrected chi connectivity index (χ2v) is 22.7. The zero-order valence-corrected chi connectivity index (χ0v) is 44.6. The van der Waals surface area contributed by atoms with Crippen molar-refractivity contribution in [3.05, 3.63) is 35.9 Å². The minimum Gasteiger partial charge on any atom is -0.481 e. The Hall–Kier alpha value is -4.08. The Balaban J connectivity index is 1.27. The van der Waals surface area contributed by atoms with Crippen LogP contribution in [0.4, 0.5) is 0 Å². The monoisotopic (exact) mass is 980 g/mol. The number of benzene rings is 1. The third kappa shape index (κ3) is 13.9. The van der Waals surface area contributed by atoms with Crippen molar-refractivity contribution in [1.82, 2.24) is 25.3 Å². The van der Waals surface area contributed by atoms with Gasteiger partial charge < -0.3 is 39.8 Å². The van der Waals surface area contributed by atoms with Crippen LogP contribution >= 0.6 is 0 Å². The molecule has 0 spiro atoms. The van der Waals surface area contributed by atoms with Crippen molar-refractivity contribution in [2.75, 3.05) is 48.0 Å². The third-order valence-corrected chi connectivity index (χ3v) is 16.8. The fourth-order valence-corrected chi connectivity index (χ4v) is 13.2. The van der Waals surface area contributed by atoms with E-state index in [9.17, 15) is 28.8 Å². The highest BCUT2D eigenvalue weighted by molar-refractivity contribution is 5.90. The first-order chi connectivity index (χ1) is 33.1. The smallest absolute Gasteiger partial charge is 0.329 e. The van der Waals surface area contributed by atoms with E-state index in [4.69, 9.17) is 19.3 Å². The molecule has 5 rings (SSSR count). The summed E-state index contributed by atoms with van der Waals surface area (Å²) in [5.74, 6) is -0.763. The molecule has 5 unspecified atom stereocenters. The number of nitrogens with one attached hydrogen (secondary N) is 2. The SMILES string of the molecule is CC[C@H](C)[C@@H]([C@@H](CC(=O)N1CCC[C@H]1[C@H](OC)[C@@H](C)C(=O)N[C@@H](Cc1ccccc1)C(=O)OCC12CC(C)CC3CC(C1)C3C2)OC)N(C)C(=O)[C@@H](NC(=O)[C@H](C(C)C)N(C)CCCC(=O)O)C(C)C. The van der Waals surface area contributed by atoms with E-state index in [0.29, 0.717) is 51.3 Å². The normalized spacial score (nSPS) is 26.3. The molecule has 1 aliphatic heterocycles. The number of rotatable bonds is 27. The Bertz CT molecular complexity index is 1910. The van der Waals surface area contributed by atoms with Crippen molar-refractivity contribution in [3.63, 3.8) is 0 Å². The molecule has 3 N–H and O–H groups in total. The van der Waals surface area contributed by atoms with Crippen LogP contribution in [0.2, 0.25) is 0 Å². The number of hydrogen-bond donors (Lipinski definition) is 3. The molecule has 15 nitrogen and oxygen atoms in total. The Labute approximate surface area is 419 Å². The summed E-state index contributed by atoms with van der Waals surface area (Å²) < 4.78 is 18.4. The van der Waals surface area contributed by atoms with E-state index in [-0.39, 0.29) is 66.1 Å². The van der Waals surface area contributed by atoms with Crippen LogP contribution in [0.25, 0.3) is 0 Å². The maximum Gasteiger partial charge on any atom is 0.329 e. The predicted octanol–water partition coefficient (Wildman–Crippen LogP) is 6.60. The van der Waals surface area contributed by atoms with Gasteiger partial charge in [0.2, 0.25) is 23.6 Å². The molecule has 394 valence electrons. The number of carboxylic acid groups (broad SMARTS) is 1. The quantitative estimate of drug-likeness (QED) is 0.0808. The summed E-state index contributed by atoms with van der Waals surface area (Å²) in [7, 11) is 6.61. The first-order valence-electron chi connectivity index (χ1n) is 26.5. The van der Waals surface area contributed by atoms with Gasteiger partial charge in [0.1, 0.15) is 12.1 Å². The lowest BCUT2D eigenvalue weighted by Gasteiger charge is -2.42. The van der Waals surface area contributed by atoms with Crippen LogP contribution < -0.4 is 10.6 Å². The number of nitrogens with zero attached hydrogens (tertiary/aromatic N) is 3. The first-order valence-corrected chi connectivity index (χ1v) is 26.5. The topological polar surface area (TPSA) is 184 Å². The minimum absolute atomic E-state index is 0.00148. The van der Waals surface area contributed by atoms with Gasteiger partial charge in [0.05, 0.1) is 49.3 Å².